The highest BCUT2D eigenvalue weighted by Crippen LogP contribution is 2.35. The first-order chi connectivity index (χ1) is 15.4. The number of alkyl halides is 6. The molecule has 33 heavy (non-hydrogen) atoms. The zero-order valence-corrected chi connectivity index (χ0v) is 16.9. The number of fused-ring (bicyclic) bond motifs is 1. The van der Waals surface area contributed by atoms with Crippen LogP contribution in [0.2, 0.25) is 5.02 Å². The Hall–Kier alpha value is -3.60. The maximum absolute atomic E-state index is 13.7. The number of amides is 1. The van der Waals surface area contributed by atoms with Gasteiger partial charge >= 0.3 is 12.4 Å². The van der Waals surface area contributed by atoms with Crippen LogP contribution in [0.4, 0.5) is 32.0 Å². The summed E-state index contributed by atoms with van der Waals surface area (Å²) in [5, 5.41) is 6.06. The summed E-state index contributed by atoms with van der Waals surface area (Å²) in [5.74, 6) is -1.13. The number of hydrogen-bond donors (Lipinski definition) is 1. The maximum atomic E-state index is 13.7. The molecule has 12 heteroatoms. The highest BCUT2D eigenvalue weighted by molar-refractivity contribution is 6.30. The molecule has 0 atom stereocenters. The van der Waals surface area contributed by atoms with Gasteiger partial charge in [-0.1, -0.05) is 35.9 Å². The lowest BCUT2D eigenvalue weighted by Crippen LogP contribution is -2.18. The average molecular weight is 485 g/mol. The molecule has 0 fully saturated rings. The number of halogens is 7. The summed E-state index contributed by atoms with van der Waals surface area (Å²) < 4.78 is 81.0. The van der Waals surface area contributed by atoms with Gasteiger partial charge in [-0.25, -0.2) is 9.50 Å². The van der Waals surface area contributed by atoms with Crippen molar-refractivity contribution in [3.63, 3.8) is 0 Å². The van der Waals surface area contributed by atoms with Crippen molar-refractivity contribution in [2.75, 3.05) is 5.32 Å². The van der Waals surface area contributed by atoms with E-state index in [4.69, 9.17) is 11.6 Å². The van der Waals surface area contributed by atoms with Crippen molar-refractivity contribution in [1.29, 1.82) is 0 Å². The number of anilines is 1. The highest BCUT2D eigenvalue weighted by Gasteiger charge is 2.36. The molecule has 0 saturated heterocycles. The van der Waals surface area contributed by atoms with E-state index in [1.165, 1.54) is 30.3 Å². The minimum absolute atomic E-state index is 0.0548. The molecule has 4 rings (SSSR count). The summed E-state index contributed by atoms with van der Waals surface area (Å²) in [6.07, 6.45) is -9.60. The van der Waals surface area contributed by atoms with Gasteiger partial charge in [0.2, 0.25) is 0 Å². The molecule has 1 N–H and O–H groups in total. The lowest BCUT2D eigenvalue weighted by atomic mass is 10.1. The Morgan fingerprint density at radius 2 is 1.58 bits per heavy atom. The molecular weight excluding hydrogens is 474 g/mol. The number of aromatic nitrogens is 3. The van der Waals surface area contributed by atoms with Gasteiger partial charge in [0.25, 0.3) is 5.91 Å². The Kier molecular flexibility index (Phi) is 5.52. The summed E-state index contributed by atoms with van der Waals surface area (Å²) in [4.78, 5) is 16.7. The Balaban J connectivity index is 1.78. The molecular formula is C21H11ClF6N4O. The van der Waals surface area contributed by atoms with Gasteiger partial charge in [0.1, 0.15) is 0 Å². The predicted molar refractivity (Wildman–Crippen MR) is 108 cm³/mol. The van der Waals surface area contributed by atoms with E-state index in [0.29, 0.717) is 15.1 Å². The van der Waals surface area contributed by atoms with Crippen LogP contribution < -0.4 is 5.32 Å². The molecule has 0 aliphatic carbocycles. The van der Waals surface area contributed by atoms with Gasteiger partial charge in [-0.3, -0.25) is 4.79 Å². The second-order valence-electron chi connectivity index (χ2n) is 6.83. The Morgan fingerprint density at radius 1 is 0.909 bits per heavy atom. The van der Waals surface area contributed by atoms with E-state index >= 15 is 0 Å². The molecule has 170 valence electrons. The first-order valence-corrected chi connectivity index (χ1v) is 9.53. The minimum atomic E-state index is -4.86. The van der Waals surface area contributed by atoms with Crippen LogP contribution in [0.25, 0.3) is 16.9 Å². The SMILES string of the molecule is O=C(Nc1ccccc1C(F)(F)F)c1cc2nc(-c3ccc(Cl)cc3)cc(C(F)(F)F)n2n1. The lowest BCUT2D eigenvalue weighted by Gasteiger charge is -2.12. The number of rotatable bonds is 3. The van der Waals surface area contributed by atoms with Crippen molar-refractivity contribution < 1.29 is 31.1 Å². The summed E-state index contributed by atoms with van der Waals surface area (Å²) in [6, 6.07) is 11.8. The summed E-state index contributed by atoms with van der Waals surface area (Å²) >= 11 is 5.81. The third-order valence-electron chi connectivity index (χ3n) is 4.57. The van der Waals surface area contributed by atoms with Crippen LogP contribution >= 0.6 is 11.6 Å². The smallest absolute Gasteiger partial charge is 0.320 e. The minimum Gasteiger partial charge on any atom is -0.320 e. The Bertz CT molecular complexity index is 1350. The van der Waals surface area contributed by atoms with Gasteiger partial charge in [0.05, 0.1) is 16.9 Å². The first kappa shape index (κ1) is 22.6. The molecule has 4 aromatic rings. The quantitative estimate of drug-likeness (QED) is 0.345. The molecule has 0 unspecified atom stereocenters. The van der Waals surface area contributed by atoms with Crippen LogP contribution in [-0.4, -0.2) is 20.5 Å². The van der Waals surface area contributed by atoms with Crippen LogP contribution in [0.3, 0.4) is 0 Å². The van der Waals surface area contributed by atoms with E-state index in [9.17, 15) is 31.1 Å². The fourth-order valence-corrected chi connectivity index (χ4v) is 3.21. The van der Waals surface area contributed by atoms with Crippen LogP contribution in [0.5, 0.6) is 0 Å². The second kappa shape index (κ2) is 8.07. The molecule has 2 aromatic carbocycles. The fraction of sp³-hybridized carbons (Fsp3) is 0.0952. The fourth-order valence-electron chi connectivity index (χ4n) is 3.08. The van der Waals surface area contributed by atoms with Crippen molar-refractivity contribution >= 4 is 28.8 Å². The number of nitrogens with one attached hydrogen (secondary N) is 1. The summed E-state index contributed by atoms with van der Waals surface area (Å²) in [7, 11) is 0. The summed E-state index contributed by atoms with van der Waals surface area (Å²) in [5.41, 5.74) is -3.46. The molecule has 0 aliphatic rings. The number of hydrogen-bond acceptors (Lipinski definition) is 3. The predicted octanol–water partition coefficient (Wildman–Crippen LogP) is 6.34. The second-order valence-corrected chi connectivity index (χ2v) is 7.26. The Morgan fingerprint density at radius 3 is 2.21 bits per heavy atom. The van der Waals surface area contributed by atoms with Crippen molar-refractivity contribution in [1.82, 2.24) is 14.6 Å². The van der Waals surface area contributed by atoms with Gasteiger partial charge in [-0.05, 0) is 30.3 Å². The Labute approximate surface area is 186 Å². The molecule has 0 bridgehead atoms. The molecule has 0 aliphatic heterocycles. The van der Waals surface area contributed by atoms with E-state index in [1.54, 1.807) is 0 Å². The molecule has 1 amide bonds. The normalized spacial score (nSPS) is 12.2. The third-order valence-corrected chi connectivity index (χ3v) is 4.82. The monoisotopic (exact) mass is 484 g/mol. The zero-order valence-electron chi connectivity index (χ0n) is 16.2. The molecule has 2 aromatic heterocycles. The largest absolute Gasteiger partial charge is 0.433 e. The zero-order chi connectivity index (χ0) is 24.0. The number of para-hydroxylation sites is 1. The van der Waals surface area contributed by atoms with Crippen molar-refractivity contribution in [3.05, 3.63) is 82.6 Å². The third kappa shape index (κ3) is 4.63. The topological polar surface area (TPSA) is 59.3 Å². The van der Waals surface area contributed by atoms with Crippen molar-refractivity contribution in [2.45, 2.75) is 12.4 Å². The number of nitrogens with zero attached hydrogens (tertiary/aromatic N) is 3. The number of carbonyl (C=O) groups excluding carboxylic acids is 1. The van der Waals surface area contributed by atoms with Crippen LogP contribution in [0, 0.1) is 0 Å². The van der Waals surface area contributed by atoms with Gasteiger partial charge < -0.3 is 5.32 Å². The van der Waals surface area contributed by atoms with E-state index in [0.717, 1.165) is 30.3 Å². The van der Waals surface area contributed by atoms with Crippen LogP contribution in [0.15, 0.2) is 60.7 Å². The molecule has 5 nitrogen and oxygen atoms in total. The summed E-state index contributed by atoms with van der Waals surface area (Å²) in [6.45, 7) is 0. The number of benzene rings is 2. The van der Waals surface area contributed by atoms with Gasteiger partial charge in [0, 0.05) is 16.7 Å². The van der Waals surface area contributed by atoms with Crippen LogP contribution in [0.1, 0.15) is 21.7 Å². The average Bonchev–Trinajstić information content (AvgIpc) is 3.17. The maximum Gasteiger partial charge on any atom is 0.433 e. The van der Waals surface area contributed by atoms with Gasteiger partial charge in [-0.2, -0.15) is 31.4 Å². The highest BCUT2D eigenvalue weighted by atomic mass is 35.5. The van der Waals surface area contributed by atoms with E-state index in [2.05, 4.69) is 10.1 Å². The van der Waals surface area contributed by atoms with Crippen LogP contribution in [-0.2, 0) is 12.4 Å². The van der Waals surface area contributed by atoms with Crippen molar-refractivity contribution in [3.8, 4) is 11.3 Å². The van der Waals surface area contributed by atoms with Crippen molar-refractivity contribution in [2.24, 2.45) is 0 Å². The molecule has 0 saturated carbocycles. The van der Waals surface area contributed by atoms with Gasteiger partial charge in [-0.15, -0.1) is 0 Å². The van der Waals surface area contributed by atoms with Gasteiger partial charge in [0.15, 0.2) is 17.0 Å². The van der Waals surface area contributed by atoms with E-state index in [-0.39, 0.29) is 11.3 Å². The first-order valence-electron chi connectivity index (χ1n) is 9.15. The lowest BCUT2D eigenvalue weighted by molar-refractivity contribution is -0.142. The standard InChI is InChI=1S/C21H11ClF6N4O/c22-12-7-5-11(6-8-12)15-9-17(21(26,27)28)32-18(29-15)10-16(31-32)19(33)30-14-4-2-1-3-13(14)20(23,24)25/h1-10H,(H,30,33). The molecule has 0 radical (unpaired) electrons. The molecule has 2 heterocycles. The van der Waals surface area contributed by atoms with E-state index < -0.39 is 40.9 Å². The van der Waals surface area contributed by atoms with E-state index in [1.807, 2.05) is 5.32 Å². The number of carbonyl (C=O) groups is 1. The molecule has 0 spiro atoms.